The Hall–Kier alpha value is -3.09. The van der Waals surface area contributed by atoms with Crippen LogP contribution in [0.5, 0.6) is 5.75 Å². The van der Waals surface area contributed by atoms with Crippen LogP contribution in [0, 0.1) is 0 Å². The Morgan fingerprint density at radius 1 is 1.30 bits per heavy atom. The predicted octanol–water partition coefficient (Wildman–Crippen LogP) is 1.39. The molecule has 7 nitrogen and oxygen atoms in total. The highest BCUT2D eigenvalue weighted by molar-refractivity contribution is 5.97. The number of carbonyl (C=O) groups is 3. The number of esters is 1. The van der Waals surface area contributed by atoms with Gasteiger partial charge < -0.3 is 15.2 Å². The Morgan fingerprint density at radius 2 is 1.96 bits per heavy atom. The van der Waals surface area contributed by atoms with E-state index >= 15 is 0 Å². The van der Waals surface area contributed by atoms with Crippen molar-refractivity contribution < 1.29 is 23.9 Å². The van der Waals surface area contributed by atoms with Crippen molar-refractivity contribution in [1.29, 1.82) is 0 Å². The zero-order valence-corrected chi connectivity index (χ0v) is 12.7. The lowest BCUT2D eigenvalue weighted by molar-refractivity contribution is -0.149. The summed E-state index contributed by atoms with van der Waals surface area (Å²) in [6.07, 6.45) is 3.21. The van der Waals surface area contributed by atoms with E-state index < -0.39 is 24.0 Å². The third-order valence-electron chi connectivity index (χ3n) is 2.57. The van der Waals surface area contributed by atoms with E-state index in [1.165, 1.54) is 19.1 Å². The van der Waals surface area contributed by atoms with Crippen molar-refractivity contribution in [2.24, 2.45) is 5.73 Å². The molecule has 0 aliphatic carbocycles. The lowest BCUT2D eigenvalue weighted by atomic mass is 10.2. The van der Waals surface area contributed by atoms with E-state index in [1.807, 2.05) is 5.32 Å². The molecule has 0 heterocycles. The van der Waals surface area contributed by atoms with Crippen LogP contribution < -0.4 is 15.8 Å². The number of hydrogen-bond acceptors (Lipinski definition) is 5. The number of benzene rings is 1. The quantitative estimate of drug-likeness (QED) is 0.449. The molecule has 1 rings (SSSR count). The SMILES string of the molecule is C=CCOc1ccc(/C=C/C(=O)O[C@H](C)C(=O)NC(N)=O)cc1. The average molecular weight is 318 g/mol. The Morgan fingerprint density at radius 3 is 2.52 bits per heavy atom. The Kier molecular flexibility index (Phi) is 7.06. The maximum Gasteiger partial charge on any atom is 0.331 e. The van der Waals surface area contributed by atoms with Crippen molar-refractivity contribution in [3.8, 4) is 5.75 Å². The minimum Gasteiger partial charge on any atom is -0.490 e. The summed E-state index contributed by atoms with van der Waals surface area (Å²) < 4.78 is 10.2. The zero-order chi connectivity index (χ0) is 17.2. The van der Waals surface area contributed by atoms with Gasteiger partial charge in [0.1, 0.15) is 12.4 Å². The van der Waals surface area contributed by atoms with Crippen molar-refractivity contribution in [2.45, 2.75) is 13.0 Å². The maximum absolute atomic E-state index is 11.6. The van der Waals surface area contributed by atoms with E-state index in [-0.39, 0.29) is 0 Å². The molecule has 3 N–H and O–H groups in total. The molecule has 23 heavy (non-hydrogen) atoms. The number of nitrogens with one attached hydrogen (secondary N) is 1. The van der Waals surface area contributed by atoms with Gasteiger partial charge in [-0.05, 0) is 30.7 Å². The first-order chi connectivity index (χ1) is 10.9. The number of amides is 3. The molecule has 0 aromatic heterocycles. The molecule has 0 radical (unpaired) electrons. The monoisotopic (exact) mass is 318 g/mol. The van der Waals surface area contributed by atoms with Crippen LogP contribution in [0.1, 0.15) is 12.5 Å². The van der Waals surface area contributed by atoms with Crippen LogP contribution in [0.4, 0.5) is 4.79 Å². The lowest BCUT2D eigenvalue weighted by Crippen LogP contribution is -2.42. The van der Waals surface area contributed by atoms with Gasteiger partial charge in [0, 0.05) is 6.08 Å². The zero-order valence-electron chi connectivity index (χ0n) is 12.7. The van der Waals surface area contributed by atoms with E-state index in [1.54, 1.807) is 30.3 Å². The second-order valence-electron chi connectivity index (χ2n) is 4.43. The summed E-state index contributed by atoms with van der Waals surface area (Å²) in [5.74, 6) is -0.826. The van der Waals surface area contributed by atoms with Crippen LogP contribution in [0.15, 0.2) is 43.0 Å². The fourth-order valence-corrected chi connectivity index (χ4v) is 1.48. The van der Waals surface area contributed by atoms with Crippen LogP contribution in [0.3, 0.4) is 0 Å². The summed E-state index contributed by atoms with van der Waals surface area (Å²) in [7, 11) is 0. The van der Waals surface area contributed by atoms with Crippen LogP contribution in [-0.2, 0) is 14.3 Å². The second kappa shape index (κ2) is 9.04. The fraction of sp³-hybridized carbons (Fsp3) is 0.188. The van der Waals surface area contributed by atoms with Crippen molar-refractivity contribution in [3.05, 3.63) is 48.6 Å². The minimum atomic E-state index is -1.13. The topological polar surface area (TPSA) is 108 Å². The molecule has 0 fully saturated rings. The Balaban J connectivity index is 2.52. The van der Waals surface area contributed by atoms with Gasteiger partial charge in [0.25, 0.3) is 5.91 Å². The van der Waals surface area contributed by atoms with Gasteiger partial charge in [-0.15, -0.1) is 0 Å². The Labute approximate surface area is 133 Å². The van der Waals surface area contributed by atoms with Gasteiger partial charge in [-0.3, -0.25) is 10.1 Å². The number of primary amides is 1. The molecule has 0 saturated carbocycles. The van der Waals surface area contributed by atoms with Crippen molar-refractivity contribution in [3.63, 3.8) is 0 Å². The van der Waals surface area contributed by atoms with Crippen molar-refractivity contribution in [1.82, 2.24) is 5.32 Å². The van der Waals surface area contributed by atoms with E-state index in [4.69, 9.17) is 15.2 Å². The molecule has 0 unspecified atom stereocenters. The summed E-state index contributed by atoms with van der Waals surface area (Å²) in [4.78, 5) is 33.5. The number of ether oxygens (including phenoxy) is 2. The molecule has 0 spiro atoms. The highest BCUT2D eigenvalue weighted by Crippen LogP contribution is 2.13. The second-order valence-corrected chi connectivity index (χ2v) is 4.43. The highest BCUT2D eigenvalue weighted by Gasteiger charge is 2.17. The first kappa shape index (κ1) is 18.0. The smallest absolute Gasteiger partial charge is 0.331 e. The normalized spacial score (nSPS) is 11.5. The maximum atomic E-state index is 11.6. The number of nitrogens with two attached hydrogens (primary N) is 1. The fourth-order valence-electron chi connectivity index (χ4n) is 1.48. The average Bonchev–Trinajstić information content (AvgIpc) is 2.51. The van der Waals surface area contributed by atoms with Gasteiger partial charge in [0.15, 0.2) is 6.10 Å². The Bertz CT molecular complexity index is 607. The lowest BCUT2D eigenvalue weighted by Gasteiger charge is -2.10. The summed E-state index contributed by atoms with van der Waals surface area (Å²) >= 11 is 0. The summed E-state index contributed by atoms with van der Waals surface area (Å²) in [6.45, 7) is 5.29. The third kappa shape index (κ3) is 6.94. The highest BCUT2D eigenvalue weighted by atomic mass is 16.5. The van der Waals surface area contributed by atoms with E-state index in [9.17, 15) is 14.4 Å². The first-order valence-corrected chi connectivity index (χ1v) is 6.75. The van der Waals surface area contributed by atoms with Crippen molar-refractivity contribution >= 4 is 24.0 Å². The van der Waals surface area contributed by atoms with Gasteiger partial charge >= 0.3 is 12.0 Å². The van der Waals surface area contributed by atoms with Gasteiger partial charge in [-0.25, -0.2) is 9.59 Å². The molecule has 7 heteroatoms. The van der Waals surface area contributed by atoms with Gasteiger partial charge in [0.2, 0.25) is 0 Å². The number of rotatable bonds is 7. The molecular formula is C16H18N2O5. The molecular weight excluding hydrogens is 300 g/mol. The number of imide groups is 1. The largest absolute Gasteiger partial charge is 0.490 e. The first-order valence-electron chi connectivity index (χ1n) is 6.75. The number of carbonyl (C=O) groups excluding carboxylic acids is 3. The van der Waals surface area contributed by atoms with Gasteiger partial charge in [0.05, 0.1) is 0 Å². The van der Waals surface area contributed by atoms with E-state index in [2.05, 4.69) is 6.58 Å². The van der Waals surface area contributed by atoms with E-state index in [0.717, 1.165) is 5.56 Å². The molecule has 1 atom stereocenters. The molecule has 3 amide bonds. The van der Waals surface area contributed by atoms with E-state index in [0.29, 0.717) is 12.4 Å². The van der Waals surface area contributed by atoms with Crippen LogP contribution in [-0.4, -0.2) is 30.6 Å². The molecule has 0 aliphatic heterocycles. The third-order valence-corrected chi connectivity index (χ3v) is 2.57. The molecule has 1 aromatic carbocycles. The summed E-state index contributed by atoms with van der Waals surface area (Å²) in [6, 6.07) is 6.00. The van der Waals surface area contributed by atoms with Gasteiger partial charge in [-0.1, -0.05) is 24.8 Å². The van der Waals surface area contributed by atoms with Crippen molar-refractivity contribution in [2.75, 3.05) is 6.61 Å². The summed E-state index contributed by atoms with van der Waals surface area (Å²) in [5.41, 5.74) is 5.55. The van der Waals surface area contributed by atoms with Crippen LogP contribution in [0.2, 0.25) is 0 Å². The van der Waals surface area contributed by atoms with Gasteiger partial charge in [-0.2, -0.15) is 0 Å². The molecule has 122 valence electrons. The number of hydrogen-bond donors (Lipinski definition) is 2. The summed E-state index contributed by atoms with van der Waals surface area (Å²) in [5, 5.41) is 1.82. The molecule has 0 saturated heterocycles. The van der Waals surface area contributed by atoms with Crippen LogP contribution in [0.25, 0.3) is 6.08 Å². The molecule has 0 aliphatic rings. The standard InChI is InChI=1S/C16H18N2O5/c1-3-10-22-13-7-4-12(5-8-13)6-9-14(19)23-11(2)15(20)18-16(17)21/h3-9,11H,1,10H2,2H3,(H3,17,18,20,21)/b9-6+/t11-/m1/s1. The molecule has 0 bridgehead atoms. The number of urea groups is 1. The predicted molar refractivity (Wildman–Crippen MR) is 84.4 cm³/mol. The minimum absolute atomic E-state index is 0.409. The van der Waals surface area contributed by atoms with Crippen LogP contribution >= 0.6 is 0 Å². The molecule has 1 aromatic rings.